The summed E-state index contributed by atoms with van der Waals surface area (Å²) in [6.07, 6.45) is 0.913. The first-order valence-corrected chi connectivity index (χ1v) is 9.94. The number of hydrogen-bond acceptors (Lipinski definition) is 3. The molecule has 1 aromatic heterocycles. The fraction of sp³-hybridized carbons (Fsp3) is 0.333. The van der Waals surface area contributed by atoms with Gasteiger partial charge in [0.2, 0.25) is 0 Å². The van der Waals surface area contributed by atoms with Gasteiger partial charge in [-0.05, 0) is 49.6 Å². The topological polar surface area (TPSA) is 62.4 Å². The molecule has 0 unspecified atom stereocenters. The van der Waals surface area contributed by atoms with Crippen LogP contribution in [0.15, 0.2) is 36.4 Å². The van der Waals surface area contributed by atoms with Crippen molar-refractivity contribution >= 4 is 22.5 Å². The van der Waals surface area contributed by atoms with E-state index >= 15 is 0 Å². The second-order valence-corrected chi connectivity index (χ2v) is 7.45. The van der Waals surface area contributed by atoms with Crippen molar-refractivity contribution in [3.63, 3.8) is 0 Å². The van der Waals surface area contributed by atoms with Crippen LogP contribution in [0.5, 0.6) is 5.75 Å². The summed E-state index contributed by atoms with van der Waals surface area (Å²) in [5, 5.41) is 2.18. The zero-order chi connectivity index (χ0) is 21.1. The van der Waals surface area contributed by atoms with Crippen molar-refractivity contribution in [3.05, 3.63) is 64.5 Å². The smallest absolute Gasteiger partial charge is 0.270 e. The monoisotopic (exact) mass is 392 g/mol. The summed E-state index contributed by atoms with van der Waals surface area (Å²) in [6.45, 7) is 8.26. The molecule has 29 heavy (non-hydrogen) atoms. The van der Waals surface area contributed by atoms with Crippen LogP contribution in [-0.2, 0) is 6.54 Å². The van der Waals surface area contributed by atoms with Crippen LogP contribution in [0.2, 0.25) is 0 Å². The second kappa shape index (κ2) is 8.52. The molecule has 2 aromatic carbocycles. The van der Waals surface area contributed by atoms with Crippen molar-refractivity contribution in [3.8, 4) is 5.75 Å². The molecule has 0 saturated heterocycles. The summed E-state index contributed by atoms with van der Waals surface area (Å²) in [6, 6.07) is 12.1. The number of Topliss-reactive ketones (excluding diaryl/α,β-unsaturated/α-hetero) is 1. The molecule has 0 bridgehead atoms. The highest BCUT2D eigenvalue weighted by Gasteiger charge is 2.23. The molecule has 5 nitrogen and oxygen atoms in total. The van der Waals surface area contributed by atoms with Gasteiger partial charge in [-0.15, -0.1) is 0 Å². The normalized spacial score (nSPS) is 10.9. The van der Waals surface area contributed by atoms with Gasteiger partial charge in [-0.1, -0.05) is 37.3 Å². The largest absolute Gasteiger partial charge is 0.493 e. The molecule has 0 aliphatic carbocycles. The van der Waals surface area contributed by atoms with Crippen molar-refractivity contribution < 1.29 is 14.3 Å². The predicted octanol–water partition coefficient (Wildman–Crippen LogP) is 5.05. The summed E-state index contributed by atoms with van der Waals surface area (Å²) in [4.78, 5) is 29.8. The standard InChI is InChI=1S/C24H28N2O3/c1-6-13-29-21-12-11-18-9-7-8-10-19(18)20(21)14-26(5)24(28)23-15(2)22(17(4)27)16(3)25-23/h7-12,25H,6,13-14H2,1-5H3. The van der Waals surface area contributed by atoms with E-state index in [4.69, 9.17) is 4.74 Å². The Morgan fingerprint density at radius 1 is 1.10 bits per heavy atom. The third-order valence-corrected chi connectivity index (χ3v) is 5.20. The van der Waals surface area contributed by atoms with E-state index in [2.05, 4.69) is 24.0 Å². The van der Waals surface area contributed by atoms with Crippen molar-refractivity contribution in [2.24, 2.45) is 0 Å². The van der Waals surface area contributed by atoms with Gasteiger partial charge in [0, 0.05) is 30.4 Å². The van der Waals surface area contributed by atoms with Gasteiger partial charge in [0.1, 0.15) is 11.4 Å². The average Bonchev–Trinajstić information content (AvgIpc) is 3.00. The number of fused-ring (bicyclic) bond motifs is 1. The maximum Gasteiger partial charge on any atom is 0.270 e. The van der Waals surface area contributed by atoms with E-state index in [9.17, 15) is 9.59 Å². The number of aromatic nitrogens is 1. The fourth-order valence-electron chi connectivity index (χ4n) is 3.82. The number of nitrogens with one attached hydrogen (secondary N) is 1. The Morgan fingerprint density at radius 3 is 2.48 bits per heavy atom. The second-order valence-electron chi connectivity index (χ2n) is 7.45. The van der Waals surface area contributed by atoms with E-state index in [0.29, 0.717) is 30.0 Å². The maximum atomic E-state index is 13.2. The van der Waals surface area contributed by atoms with Crippen molar-refractivity contribution in [1.29, 1.82) is 0 Å². The lowest BCUT2D eigenvalue weighted by Gasteiger charge is -2.21. The summed E-state index contributed by atoms with van der Waals surface area (Å²) < 4.78 is 5.97. The van der Waals surface area contributed by atoms with Gasteiger partial charge in [-0.2, -0.15) is 0 Å². The lowest BCUT2D eigenvalue weighted by atomic mass is 10.0. The van der Waals surface area contributed by atoms with Crippen molar-refractivity contribution in [2.45, 2.75) is 40.7 Å². The van der Waals surface area contributed by atoms with E-state index in [-0.39, 0.29) is 11.7 Å². The Balaban J connectivity index is 1.97. The highest BCUT2D eigenvalue weighted by atomic mass is 16.5. The number of rotatable bonds is 7. The Kier molecular flexibility index (Phi) is 6.06. The molecule has 0 spiro atoms. The number of nitrogens with zero attached hydrogens (tertiary/aromatic N) is 1. The van der Waals surface area contributed by atoms with Crippen LogP contribution in [0, 0.1) is 13.8 Å². The molecule has 0 atom stereocenters. The van der Waals surface area contributed by atoms with Crippen LogP contribution < -0.4 is 4.74 Å². The zero-order valence-electron chi connectivity index (χ0n) is 17.8. The summed E-state index contributed by atoms with van der Waals surface area (Å²) in [5.41, 5.74) is 3.47. The molecule has 3 rings (SSSR count). The van der Waals surface area contributed by atoms with Gasteiger partial charge in [0.15, 0.2) is 5.78 Å². The van der Waals surface area contributed by atoms with Crippen LogP contribution in [-0.4, -0.2) is 35.2 Å². The number of benzene rings is 2. The van der Waals surface area contributed by atoms with Crippen LogP contribution in [0.4, 0.5) is 0 Å². The van der Waals surface area contributed by atoms with Crippen molar-refractivity contribution in [1.82, 2.24) is 9.88 Å². The van der Waals surface area contributed by atoms with Crippen LogP contribution >= 0.6 is 0 Å². The number of carbonyl (C=O) groups is 2. The molecule has 0 fully saturated rings. The quantitative estimate of drug-likeness (QED) is 0.573. The molecule has 1 heterocycles. The molecular formula is C24H28N2O3. The Hall–Kier alpha value is -3.08. The van der Waals surface area contributed by atoms with Gasteiger partial charge in [-0.25, -0.2) is 0 Å². The van der Waals surface area contributed by atoms with Crippen LogP contribution in [0.25, 0.3) is 10.8 Å². The van der Waals surface area contributed by atoms with Crippen LogP contribution in [0.3, 0.4) is 0 Å². The first-order valence-electron chi connectivity index (χ1n) is 9.94. The minimum absolute atomic E-state index is 0.0396. The van der Waals surface area contributed by atoms with Crippen molar-refractivity contribution in [2.75, 3.05) is 13.7 Å². The maximum absolute atomic E-state index is 13.2. The summed E-state index contributed by atoms with van der Waals surface area (Å²) in [5.74, 6) is 0.615. The Labute approximate surface area is 171 Å². The molecule has 1 N–H and O–H groups in total. The van der Waals surface area contributed by atoms with Gasteiger partial charge in [0.25, 0.3) is 5.91 Å². The van der Waals surface area contributed by atoms with E-state index in [1.165, 1.54) is 6.92 Å². The summed E-state index contributed by atoms with van der Waals surface area (Å²) in [7, 11) is 1.77. The predicted molar refractivity (Wildman–Crippen MR) is 116 cm³/mol. The number of ketones is 1. The number of ether oxygens (including phenoxy) is 1. The summed E-state index contributed by atoms with van der Waals surface area (Å²) >= 11 is 0. The SMILES string of the molecule is CCCOc1ccc2ccccc2c1CN(C)C(=O)c1[nH]c(C)c(C(C)=O)c1C. The third kappa shape index (κ3) is 4.04. The first kappa shape index (κ1) is 20.6. The number of aryl methyl sites for hydroxylation is 1. The number of amides is 1. The molecule has 3 aromatic rings. The first-order chi connectivity index (χ1) is 13.8. The lowest BCUT2D eigenvalue weighted by molar-refractivity contribution is 0.0778. The molecule has 0 radical (unpaired) electrons. The zero-order valence-corrected chi connectivity index (χ0v) is 17.8. The minimum Gasteiger partial charge on any atom is -0.493 e. The Morgan fingerprint density at radius 2 is 1.83 bits per heavy atom. The van der Waals surface area contributed by atoms with E-state index in [1.807, 2.05) is 38.1 Å². The molecule has 5 heteroatoms. The number of hydrogen-bond donors (Lipinski definition) is 1. The number of aromatic amines is 1. The highest BCUT2D eigenvalue weighted by Crippen LogP contribution is 2.30. The van der Waals surface area contributed by atoms with E-state index in [0.717, 1.165) is 34.2 Å². The van der Waals surface area contributed by atoms with E-state index in [1.54, 1.807) is 11.9 Å². The van der Waals surface area contributed by atoms with Gasteiger partial charge < -0.3 is 14.6 Å². The third-order valence-electron chi connectivity index (χ3n) is 5.20. The Bertz CT molecular complexity index is 1070. The molecule has 0 aliphatic heterocycles. The minimum atomic E-state index is -0.146. The van der Waals surface area contributed by atoms with E-state index < -0.39 is 0 Å². The van der Waals surface area contributed by atoms with Gasteiger partial charge in [-0.3, -0.25) is 9.59 Å². The molecule has 0 saturated carbocycles. The van der Waals surface area contributed by atoms with Gasteiger partial charge in [0.05, 0.1) is 6.61 Å². The number of H-pyrrole nitrogens is 1. The average molecular weight is 392 g/mol. The highest BCUT2D eigenvalue weighted by molar-refractivity contribution is 6.02. The fourth-order valence-corrected chi connectivity index (χ4v) is 3.82. The van der Waals surface area contributed by atoms with Gasteiger partial charge >= 0.3 is 0 Å². The lowest BCUT2D eigenvalue weighted by Crippen LogP contribution is -2.27. The molecular weight excluding hydrogens is 364 g/mol. The molecule has 0 aliphatic rings. The molecule has 152 valence electrons. The number of carbonyl (C=O) groups excluding carboxylic acids is 2. The van der Waals surface area contributed by atoms with Crippen LogP contribution in [0.1, 0.15) is 57.9 Å². The molecule has 1 amide bonds.